The molecule has 1 aromatic carbocycles. The molecule has 2 nitrogen and oxygen atoms in total. The summed E-state index contributed by atoms with van der Waals surface area (Å²) in [6, 6.07) is 7.86. The molecule has 0 saturated heterocycles. The fourth-order valence-corrected chi connectivity index (χ4v) is 1.77. The third-order valence-corrected chi connectivity index (χ3v) is 2.64. The van der Waals surface area contributed by atoms with Gasteiger partial charge in [0.25, 0.3) is 0 Å². The van der Waals surface area contributed by atoms with E-state index in [1.807, 2.05) is 18.2 Å². The second-order valence-corrected chi connectivity index (χ2v) is 3.65. The van der Waals surface area contributed by atoms with Crippen molar-refractivity contribution in [1.29, 1.82) is 10.5 Å². The molecule has 0 heterocycles. The van der Waals surface area contributed by atoms with Crippen LogP contribution in [-0.2, 0) is 12.8 Å². The van der Waals surface area contributed by atoms with E-state index in [4.69, 9.17) is 22.1 Å². The lowest BCUT2D eigenvalue weighted by Crippen LogP contribution is -1.95. The van der Waals surface area contributed by atoms with Gasteiger partial charge in [-0.3, -0.25) is 0 Å². The zero-order valence-corrected chi connectivity index (χ0v) is 9.30. The van der Waals surface area contributed by atoms with Crippen molar-refractivity contribution in [2.24, 2.45) is 0 Å². The Kier molecular flexibility index (Phi) is 4.16. The van der Waals surface area contributed by atoms with E-state index in [1.54, 1.807) is 0 Å². The highest BCUT2D eigenvalue weighted by Gasteiger charge is 2.10. The first-order chi connectivity index (χ1) is 7.24. The van der Waals surface area contributed by atoms with Gasteiger partial charge in [-0.05, 0) is 17.5 Å². The van der Waals surface area contributed by atoms with Crippen LogP contribution in [-0.4, -0.2) is 0 Å². The van der Waals surface area contributed by atoms with E-state index >= 15 is 0 Å². The molecule has 3 heteroatoms. The SMILES string of the molecule is CCCc1ccc(CC#N)c(Cl)c1C#N. The first kappa shape index (κ1) is 11.6. The summed E-state index contributed by atoms with van der Waals surface area (Å²) in [6.07, 6.45) is 2.07. The van der Waals surface area contributed by atoms with E-state index in [1.165, 1.54) is 0 Å². The number of rotatable bonds is 3. The van der Waals surface area contributed by atoms with E-state index in [9.17, 15) is 0 Å². The summed E-state index contributed by atoms with van der Waals surface area (Å²) in [5.74, 6) is 0. The molecule has 76 valence electrons. The summed E-state index contributed by atoms with van der Waals surface area (Å²) < 4.78 is 0. The van der Waals surface area contributed by atoms with Gasteiger partial charge in [0.15, 0.2) is 0 Å². The minimum absolute atomic E-state index is 0.250. The van der Waals surface area contributed by atoms with E-state index in [-0.39, 0.29) is 6.42 Å². The molecule has 0 atom stereocenters. The maximum Gasteiger partial charge on any atom is 0.101 e. The molecular weight excluding hydrogens is 208 g/mol. The summed E-state index contributed by atoms with van der Waals surface area (Å²) in [4.78, 5) is 0. The summed E-state index contributed by atoms with van der Waals surface area (Å²) in [5, 5.41) is 18.0. The van der Waals surface area contributed by atoms with Gasteiger partial charge in [-0.15, -0.1) is 0 Å². The van der Waals surface area contributed by atoms with Crippen LogP contribution in [0.1, 0.15) is 30.0 Å². The van der Waals surface area contributed by atoms with Gasteiger partial charge in [-0.1, -0.05) is 37.1 Å². The molecule has 0 fully saturated rings. The van der Waals surface area contributed by atoms with Crippen molar-refractivity contribution in [3.05, 3.63) is 33.8 Å². The van der Waals surface area contributed by atoms with Crippen molar-refractivity contribution < 1.29 is 0 Å². The Balaban J connectivity index is 3.22. The average molecular weight is 219 g/mol. The van der Waals surface area contributed by atoms with Gasteiger partial charge >= 0.3 is 0 Å². The highest BCUT2D eigenvalue weighted by molar-refractivity contribution is 6.32. The number of hydrogen-bond acceptors (Lipinski definition) is 2. The standard InChI is InChI=1S/C12H11ClN2/c1-2-3-9-4-5-10(6-7-14)12(13)11(9)8-15/h4-5H,2-3,6H2,1H3. The van der Waals surface area contributed by atoms with Crippen LogP contribution in [0.4, 0.5) is 0 Å². The molecule has 1 aromatic rings. The molecule has 0 N–H and O–H groups in total. The van der Waals surface area contributed by atoms with Crippen LogP contribution in [0, 0.1) is 22.7 Å². The molecule has 0 aliphatic rings. The fraction of sp³-hybridized carbons (Fsp3) is 0.333. The van der Waals surface area contributed by atoms with Gasteiger partial charge in [0.05, 0.1) is 23.1 Å². The van der Waals surface area contributed by atoms with E-state index < -0.39 is 0 Å². The zero-order valence-electron chi connectivity index (χ0n) is 8.55. The number of halogens is 1. The van der Waals surface area contributed by atoms with Crippen molar-refractivity contribution >= 4 is 11.6 Å². The molecule has 0 spiro atoms. The van der Waals surface area contributed by atoms with Gasteiger partial charge in [-0.25, -0.2) is 0 Å². The lowest BCUT2D eigenvalue weighted by molar-refractivity contribution is 0.917. The fourth-order valence-electron chi connectivity index (χ4n) is 1.48. The zero-order chi connectivity index (χ0) is 11.3. The molecular formula is C12H11ClN2. The quantitative estimate of drug-likeness (QED) is 0.782. The molecule has 0 bridgehead atoms. The van der Waals surface area contributed by atoms with Crippen LogP contribution in [0.25, 0.3) is 0 Å². The third-order valence-electron chi connectivity index (χ3n) is 2.21. The lowest BCUT2D eigenvalue weighted by atomic mass is 10.00. The van der Waals surface area contributed by atoms with Crippen molar-refractivity contribution in [1.82, 2.24) is 0 Å². The van der Waals surface area contributed by atoms with Crippen LogP contribution in [0.15, 0.2) is 12.1 Å². The Bertz CT molecular complexity index is 438. The molecule has 0 aliphatic carbocycles. The Morgan fingerprint density at radius 1 is 1.27 bits per heavy atom. The van der Waals surface area contributed by atoms with Crippen LogP contribution >= 0.6 is 11.6 Å². The minimum atomic E-state index is 0.250. The van der Waals surface area contributed by atoms with Crippen molar-refractivity contribution in [3.63, 3.8) is 0 Å². The predicted molar refractivity (Wildman–Crippen MR) is 59.5 cm³/mol. The maximum atomic E-state index is 9.00. The average Bonchev–Trinajstić information content (AvgIpc) is 2.23. The summed E-state index contributed by atoms with van der Waals surface area (Å²) in [7, 11) is 0. The first-order valence-electron chi connectivity index (χ1n) is 4.81. The number of aryl methyl sites for hydroxylation is 1. The molecule has 0 aromatic heterocycles. The molecule has 0 amide bonds. The molecule has 0 aliphatic heterocycles. The van der Waals surface area contributed by atoms with Gasteiger partial charge in [0.1, 0.15) is 6.07 Å². The van der Waals surface area contributed by atoms with Gasteiger partial charge in [0, 0.05) is 0 Å². The van der Waals surface area contributed by atoms with Crippen LogP contribution in [0.2, 0.25) is 5.02 Å². The molecule has 0 unspecified atom stereocenters. The van der Waals surface area contributed by atoms with Crippen LogP contribution in [0.5, 0.6) is 0 Å². The van der Waals surface area contributed by atoms with Crippen molar-refractivity contribution in [3.8, 4) is 12.1 Å². The highest BCUT2D eigenvalue weighted by atomic mass is 35.5. The number of benzene rings is 1. The summed E-state index contributed by atoms with van der Waals surface area (Å²) in [5.41, 5.74) is 2.22. The Morgan fingerprint density at radius 2 is 1.93 bits per heavy atom. The third kappa shape index (κ3) is 2.49. The van der Waals surface area contributed by atoms with Gasteiger partial charge in [-0.2, -0.15) is 10.5 Å². The number of nitrogens with zero attached hydrogens (tertiary/aromatic N) is 2. The molecule has 0 radical (unpaired) electrons. The largest absolute Gasteiger partial charge is 0.198 e. The van der Waals surface area contributed by atoms with Crippen molar-refractivity contribution in [2.45, 2.75) is 26.2 Å². The second-order valence-electron chi connectivity index (χ2n) is 3.27. The first-order valence-corrected chi connectivity index (χ1v) is 5.19. The highest BCUT2D eigenvalue weighted by Crippen LogP contribution is 2.25. The van der Waals surface area contributed by atoms with Crippen molar-refractivity contribution in [2.75, 3.05) is 0 Å². The topological polar surface area (TPSA) is 47.6 Å². The van der Waals surface area contributed by atoms with Gasteiger partial charge in [0.2, 0.25) is 0 Å². The predicted octanol–water partition coefficient (Wildman–Crippen LogP) is 3.23. The normalized spacial score (nSPS) is 9.33. The lowest BCUT2D eigenvalue weighted by Gasteiger charge is -2.07. The minimum Gasteiger partial charge on any atom is -0.198 e. The van der Waals surface area contributed by atoms with Crippen LogP contribution in [0.3, 0.4) is 0 Å². The Morgan fingerprint density at radius 3 is 2.47 bits per heavy atom. The van der Waals surface area contributed by atoms with E-state index in [2.05, 4.69) is 13.0 Å². The van der Waals surface area contributed by atoms with Crippen LogP contribution < -0.4 is 0 Å². The Labute approximate surface area is 94.7 Å². The Hall–Kier alpha value is -1.51. The summed E-state index contributed by atoms with van der Waals surface area (Å²) in [6.45, 7) is 2.05. The molecule has 0 saturated carbocycles. The maximum absolute atomic E-state index is 9.00. The number of nitriles is 2. The summed E-state index contributed by atoms with van der Waals surface area (Å²) >= 11 is 6.05. The molecule has 1 rings (SSSR count). The van der Waals surface area contributed by atoms with Gasteiger partial charge < -0.3 is 0 Å². The smallest absolute Gasteiger partial charge is 0.101 e. The van der Waals surface area contributed by atoms with E-state index in [0.717, 1.165) is 24.0 Å². The molecule has 15 heavy (non-hydrogen) atoms. The number of hydrogen-bond donors (Lipinski definition) is 0. The second kappa shape index (κ2) is 5.39. The van der Waals surface area contributed by atoms with E-state index in [0.29, 0.717) is 10.6 Å². The monoisotopic (exact) mass is 218 g/mol.